The summed E-state index contributed by atoms with van der Waals surface area (Å²) in [4.78, 5) is 21.1. The predicted molar refractivity (Wildman–Crippen MR) is 111 cm³/mol. The zero-order valence-electron chi connectivity index (χ0n) is 18.3. The van der Waals surface area contributed by atoms with Crippen molar-refractivity contribution in [1.82, 2.24) is 0 Å². The molecule has 0 radical (unpaired) electrons. The Morgan fingerprint density at radius 3 is 1.10 bits per heavy atom. The van der Waals surface area contributed by atoms with Gasteiger partial charge in [-0.2, -0.15) is 0 Å². The summed E-state index contributed by atoms with van der Waals surface area (Å²) in [6.45, 7) is 5.86. The molecule has 2 aromatic carbocycles. The Kier molecular flexibility index (Phi) is 24.0. The first kappa shape index (κ1) is 33.3. The summed E-state index contributed by atoms with van der Waals surface area (Å²) in [5, 5.41) is 40.2. The van der Waals surface area contributed by atoms with Crippen LogP contribution in [0.3, 0.4) is 0 Å². The molecule has 0 unspecified atom stereocenters. The van der Waals surface area contributed by atoms with E-state index in [0.29, 0.717) is 11.1 Å². The molecule has 0 aliphatic rings. The summed E-state index contributed by atoms with van der Waals surface area (Å²) >= 11 is 0. The molecule has 0 spiro atoms. The second-order valence-electron chi connectivity index (χ2n) is 5.55. The molecule has 0 aliphatic heterocycles. The number of hydrogen-bond acceptors (Lipinski definition) is 6. The van der Waals surface area contributed by atoms with E-state index < -0.39 is 0 Å². The SMILES string of the molecule is CC(=O)C=C([O-])c1ccccc1.CC(=O)C=C([O-])c1ccccc1.CC[O-].CC[O-].[Zr+4]. The second kappa shape index (κ2) is 22.4. The van der Waals surface area contributed by atoms with Crippen molar-refractivity contribution in [3.8, 4) is 0 Å². The fraction of sp³-hybridized carbons (Fsp3) is 0.250. The number of allylic oxidation sites excluding steroid dienone is 2. The van der Waals surface area contributed by atoms with Crippen LogP contribution in [0.25, 0.3) is 11.5 Å². The molecule has 6 nitrogen and oxygen atoms in total. The average molecular weight is 504 g/mol. The van der Waals surface area contributed by atoms with Gasteiger partial charge in [-0.1, -0.05) is 86.0 Å². The minimum Gasteiger partial charge on any atom is -0.872 e. The van der Waals surface area contributed by atoms with Gasteiger partial charge in [0, 0.05) is 0 Å². The van der Waals surface area contributed by atoms with E-state index in [1.165, 1.54) is 13.8 Å². The summed E-state index contributed by atoms with van der Waals surface area (Å²) in [5.74, 6) is -0.904. The molecule has 0 atom stereocenters. The minimum atomic E-state index is -0.233. The van der Waals surface area contributed by atoms with Gasteiger partial charge in [-0.25, -0.2) is 0 Å². The van der Waals surface area contributed by atoms with Gasteiger partial charge in [-0.15, -0.1) is 13.2 Å². The molecule has 7 heteroatoms. The van der Waals surface area contributed by atoms with Crippen molar-refractivity contribution in [2.45, 2.75) is 27.7 Å². The number of ketones is 2. The van der Waals surface area contributed by atoms with Gasteiger partial charge in [-0.05, 0) is 37.1 Å². The van der Waals surface area contributed by atoms with Crippen LogP contribution >= 0.6 is 0 Å². The third-order valence-electron chi connectivity index (χ3n) is 2.79. The van der Waals surface area contributed by atoms with Crippen LogP contribution in [0.4, 0.5) is 0 Å². The third kappa shape index (κ3) is 20.7. The second-order valence-corrected chi connectivity index (χ2v) is 5.55. The van der Waals surface area contributed by atoms with Crippen molar-refractivity contribution >= 4 is 23.1 Å². The summed E-state index contributed by atoms with van der Waals surface area (Å²) in [6, 6.07) is 17.4. The topological polar surface area (TPSA) is 126 Å². The van der Waals surface area contributed by atoms with E-state index in [1.54, 1.807) is 62.4 Å². The van der Waals surface area contributed by atoms with E-state index in [2.05, 4.69) is 0 Å². The first-order chi connectivity index (χ1) is 14.2. The van der Waals surface area contributed by atoms with Crippen LogP contribution in [0, 0.1) is 0 Å². The molecule has 2 aromatic rings. The normalized spacial score (nSPS) is 9.87. The first-order valence-corrected chi connectivity index (χ1v) is 9.28. The number of rotatable bonds is 4. The molecule has 164 valence electrons. The Morgan fingerprint density at radius 2 is 0.903 bits per heavy atom. The molecule has 0 N–H and O–H groups in total. The Morgan fingerprint density at radius 1 is 0.677 bits per heavy atom. The third-order valence-corrected chi connectivity index (χ3v) is 2.79. The van der Waals surface area contributed by atoms with Crippen LogP contribution in [-0.4, -0.2) is 24.8 Å². The van der Waals surface area contributed by atoms with Gasteiger partial charge in [-0.3, -0.25) is 9.59 Å². The van der Waals surface area contributed by atoms with Crippen molar-refractivity contribution in [2.75, 3.05) is 13.2 Å². The van der Waals surface area contributed by atoms with Crippen LogP contribution in [0.5, 0.6) is 0 Å². The molecule has 0 fully saturated rings. The van der Waals surface area contributed by atoms with E-state index in [1.807, 2.05) is 12.1 Å². The minimum absolute atomic E-state index is 0. The van der Waals surface area contributed by atoms with E-state index >= 15 is 0 Å². The molecule has 0 saturated carbocycles. The molecule has 0 amide bonds. The van der Waals surface area contributed by atoms with Gasteiger partial charge in [0.05, 0.1) is 0 Å². The molecule has 0 heterocycles. The van der Waals surface area contributed by atoms with E-state index in [-0.39, 0.29) is 62.5 Å². The van der Waals surface area contributed by atoms with Gasteiger partial charge in [0.2, 0.25) is 0 Å². The smallest absolute Gasteiger partial charge is 0.872 e. The number of carbonyl (C=O) groups is 2. The standard InChI is InChI=1S/2C10H10O2.2C2H5O.Zr/c2*1-8(11)7-10(12)9-5-3-2-4-6-9;2*1-2-3;/h2*2-7,12H,1H3;2*2H2,1H3;/q;;2*-1;+4/p-2. The summed E-state index contributed by atoms with van der Waals surface area (Å²) in [6.07, 6.45) is 2.19. The monoisotopic (exact) mass is 502 g/mol. The Labute approximate surface area is 203 Å². The van der Waals surface area contributed by atoms with Crippen molar-refractivity contribution in [2.24, 2.45) is 0 Å². The fourth-order valence-corrected chi connectivity index (χ4v) is 1.74. The maximum atomic E-state index is 11.2. The van der Waals surface area contributed by atoms with Crippen LogP contribution in [-0.2, 0) is 35.8 Å². The van der Waals surface area contributed by atoms with Crippen molar-refractivity contribution in [3.05, 3.63) is 83.9 Å². The molecule has 2 rings (SSSR count). The van der Waals surface area contributed by atoms with Gasteiger partial charge in [0.25, 0.3) is 0 Å². The fourth-order valence-electron chi connectivity index (χ4n) is 1.74. The van der Waals surface area contributed by atoms with Crippen molar-refractivity contribution in [1.29, 1.82) is 0 Å². The van der Waals surface area contributed by atoms with Crippen molar-refractivity contribution < 1.29 is 56.2 Å². The van der Waals surface area contributed by atoms with Crippen LogP contribution in [0.2, 0.25) is 0 Å². The van der Waals surface area contributed by atoms with E-state index in [4.69, 9.17) is 10.2 Å². The van der Waals surface area contributed by atoms with Crippen molar-refractivity contribution in [3.63, 3.8) is 0 Å². The largest absolute Gasteiger partial charge is 4.00 e. The Bertz CT molecular complexity index is 704. The zero-order chi connectivity index (χ0) is 23.4. The quantitative estimate of drug-likeness (QED) is 0.446. The maximum absolute atomic E-state index is 11.2. The zero-order valence-corrected chi connectivity index (χ0v) is 20.7. The first-order valence-electron chi connectivity index (χ1n) is 9.28. The maximum Gasteiger partial charge on any atom is 4.00 e. The van der Waals surface area contributed by atoms with Crippen LogP contribution in [0.15, 0.2) is 72.8 Å². The molecule has 31 heavy (non-hydrogen) atoms. The number of benzene rings is 2. The molecule has 0 aliphatic carbocycles. The summed E-state index contributed by atoms with van der Waals surface area (Å²) in [5.41, 5.74) is 1.10. The molecule has 0 aromatic heterocycles. The van der Waals surface area contributed by atoms with Gasteiger partial charge in [0.1, 0.15) is 0 Å². The average Bonchev–Trinajstić information content (AvgIpc) is 2.70. The Balaban J connectivity index is -0.000000394. The number of carbonyl (C=O) groups excluding carboxylic acids is 2. The van der Waals surface area contributed by atoms with Crippen LogP contribution < -0.4 is 20.4 Å². The van der Waals surface area contributed by atoms with E-state index in [0.717, 1.165) is 12.2 Å². The molecule has 0 bridgehead atoms. The van der Waals surface area contributed by atoms with Crippen LogP contribution in [0.1, 0.15) is 38.8 Å². The van der Waals surface area contributed by atoms with Gasteiger partial charge >= 0.3 is 26.2 Å². The molecular weight excluding hydrogens is 475 g/mol. The Hall–Kier alpha value is -2.34. The summed E-state index contributed by atoms with van der Waals surface area (Å²) in [7, 11) is 0. The molecule has 0 saturated heterocycles. The van der Waals surface area contributed by atoms with Gasteiger partial charge < -0.3 is 20.4 Å². The predicted octanol–water partition coefficient (Wildman–Crippen LogP) is 0.684. The molecular formula is C24H28O6Zr. The van der Waals surface area contributed by atoms with Gasteiger partial charge in [0.15, 0.2) is 11.6 Å². The summed E-state index contributed by atoms with van der Waals surface area (Å²) < 4.78 is 0. The number of hydrogen-bond donors (Lipinski definition) is 0. The van der Waals surface area contributed by atoms with E-state index in [9.17, 15) is 19.8 Å².